The maximum atomic E-state index is 12.1. The second-order valence-electron chi connectivity index (χ2n) is 6.42. The topological polar surface area (TPSA) is 69.6 Å². The lowest BCUT2D eigenvalue weighted by molar-refractivity contribution is -0.141. The van der Waals surface area contributed by atoms with Gasteiger partial charge in [0.05, 0.1) is 6.42 Å². The van der Waals surface area contributed by atoms with Gasteiger partial charge in [-0.2, -0.15) is 0 Å². The lowest BCUT2D eigenvalue weighted by Gasteiger charge is -2.35. The summed E-state index contributed by atoms with van der Waals surface area (Å²) in [5.74, 6) is -0.803. The molecule has 0 saturated heterocycles. The minimum absolute atomic E-state index is 0.0122. The Kier molecular flexibility index (Phi) is 6.46. The molecule has 0 aromatic carbocycles. The number of carbonyl (C=O) groups excluding carboxylic acids is 1. The third-order valence-electron chi connectivity index (χ3n) is 4.45. The van der Waals surface area contributed by atoms with Crippen LogP contribution in [0, 0.1) is 5.41 Å². The van der Waals surface area contributed by atoms with E-state index in [-0.39, 0.29) is 23.8 Å². The van der Waals surface area contributed by atoms with Gasteiger partial charge in [-0.1, -0.05) is 19.3 Å². The van der Waals surface area contributed by atoms with Crippen LogP contribution < -0.4 is 5.32 Å². The van der Waals surface area contributed by atoms with Crippen molar-refractivity contribution in [2.75, 3.05) is 20.6 Å². The SMILES string of the molecule is CC(CNC(=O)CC1(CC(=O)O)CCCCC1)N(C)C. The van der Waals surface area contributed by atoms with Crippen LogP contribution in [0.4, 0.5) is 0 Å². The zero-order valence-electron chi connectivity index (χ0n) is 12.9. The van der Waals surface area contributed by atoms with Crippen molar-refractivity contribution in [3.05, 3.63) is 0 Å². The summed E-state index contributed by atoms with van der Waals surface area (Å²) in [6.45, 7) is 2.66. The second kappa shape index (κ2) is 7.62. The van der Waals surface area contributed by atoms with Crippen LogP contribution >= 0.6 is 0 Å². The van der Waals surface area contributed by atoms with Crippen molar-refractivity contribution in [3.63, 3.8) is 0 Å². The molecule has 0 spiro atoms. The Balaban J connectivity index is 2.52. The molecule has 0 aromatic heterocycles. The molecule has 0 aromatic rings. The van der Waals surface area contributed by atoms with Crippen molar-refractivity contribution in [2.45, 2.75) is 57.9 Å². The molecule has 0 radical (unpaired) electrons. The van der Waals surface area contributed by atoms with Gasteiger partial charge in [0.1, 0.15) is 0 Å². The van der Waals surface area contributed by atoms with Gasteiger partial charge in [0.15, 0.2) is 0 Å². The van der Waals surface area contributed by atoms with Crippen LogP contribution in [0.25, 0.3) is 0 Å². The molecule has 1 aliphatic carbocycles. The smallest absolute Gasteiger partial charge is 0.303 e. The molecule has 1 unspecified atom stereocenters. The molecule has 5 nitrogen and oxygen atoms in total. The molecule has 1 fully saturated rings. The lowest BCUT2D eigenvalue weighted by atomic mass is 9.69. The summed E-state index contributed by atoms with van der Waals surface area (Å²) in [6.07, 6.45) is 5.40. The van der Waals surface area contributed by atoms with Crippen molar-refractivity contribution in [3.8, 4) is 0 Å². The van der Waals surface area contributed by atoms with Gasteiger partial charge in [0.2, 0.25) is 5.91 Å². The summed E-state index contributed by atoms with van der Waals surface area (Å²) < 4.78 is 0. The molecule has 116 valence electrons. The van der Waals surface area contributed by atoms with Gasteiger partial charge >= 0.3 is 5.97 Å². The van der Waals surface area contributed by atoms with Crippen LogP contribution in [-0.2, 0) is 9.59 Å². The number of hydrogen-bond donors (Lipinski definition) is 2. The maximum absolute atomic E-state index is 12.1. The summed E-state index contributed by atoms with van der Waals surface area (Å²) in [4.78, 5) is 25.2. The van der Waals surface area contributed by atoms with E-state index in [1.54, 1.807) is 0 Å². The average molecular weight is 284 g/mol. The highest BCUT2D eigenvalue weighted by Crippen LogP contribution is 2.42. The van der Waals surface area contributed by atoms with Crippen molar-refractivity contribution in [1.29, 1.82) is 0 Å². The molecule has 0 heterocycles. The van der Waals surface area contributed by atoms with Gasteiger partial charge < -0.3 is 15.3 Å². The number of aliphatic carboxylic acids is 1. The van der Waals surface area contributed by atoms with Crippen LogP contribution in [0.1, 0.15) is 51.9 Å². The molecule has 1 amide bonds. The van der Waals surface area contributed by atoms with Crippen molar-refractivity contribution >= 4 is 11.9 Å². The molecule has 0 aliphatic heterocycles. The second-order valence-corrected chi connectivity index (χ2v) is 6.42. The number of carboxylic acids is 1. The van der Waals surface area contributed by atoms with Crippen molar-refractivity contribution < 1.29 is 14.7 Å². The third-order valence-corrected chi connectivity index (χ3v) is 4.45. The summed E-state index contributed by atoms with van der Waals surface area (Å²) in [5, 5.41) is 12.0. The standard InChI is InChI=1S/C15H28N2O3/c1-12(17(2)3)11-16-13(18)9-15(10-14(19)20)7-5-4-6-8-15/h12H,4-11H2,1-3H3,(H,16,18)(H,19,20). The Morgan fingerprint density at radius 3 is 2.30 bits per heavy atom. The minimum Gasteiger partial charge on any atom is -0.481 e. The Morgan fingerprint density at radius 2 is 1.80 bits per heavy atom. The number of carboxylic acid groups (broad SMARTS) is 1. The first-order valence-corrected chi connectivity index (χ1v) is 7.49. The molecule has 1 aliphatic rings. The average Bonchev–Trinajstić information content (AvgIpc) is 2.35. The number of nitrogens with one attached hydrogen (secondary N) is 1. The first kappa shape index (κ1) is 17.0. The van der Waals surface area contributed by atoms with Crippen LogP contribution in [0.15, 0.2) is 0 Å². The van der Waals surface area contributed by atoms with Gasteiger partial charge in [-0.05, 0) is 39.3 Å². The molecule has 1 saturated carbocycles. The van der Waals surface area contributed by atoms with Crippen LogP contribution in [-0.4, -0.2) is 48.6 Å². The van der Waals surface area contributed by atoms with E-state index >= 15 is 0 Å². The predicted octanol–water partition coefficient (Wildman–Crippen LogP) is 1.87. The van der Waals surface area contributed by atoms with E-state index < -0.39 is 5.97 Å². The third kappa shape index (κ3) is 5.49. The fraction of sp³-hybridized carbons (Fsp3) is 0.867. The Hall–Kier alpha value is -1.10. The largest absolute Gasteiger partial charge is 0.481 e. The number of rotatable bonds is 7. The first-order chi connectivity index (χ1) is 9.34. The van der Waals surface area contributed by atoms with Crippen molar-refractivity contribution in [2.24, 2.45) is 5.41 Å². The van der Waals surface area contributed by atoms with Gasteiger partial charge in [-0.25, -0.2) is 0 Å². The zero-order valence-corrected chi connectivity index (χ0v) is 12.9. The highest BCUT2D eigenvalue weighted by Gasteiger charge is 2.36. The number of nitrogens with zero attached hydrogens (tertiary/aromatic N) is 1. The fourth-order valence-corrected chi connectivity index (χ4v) is 2.89. The van der Waals surface area contributed by atoms with E-state index in [4.69, 9.17) is 5.11 Å². The van der Waals surface area contributed by atoms with E-state index in [2.05, 4.69) is 5.32 Å². The molecular weight excluding hydrogens is 256 g/mol. The Bertz CT molecular complexity index is 336. The van der Waals surface area contributed by atoms with E-state index in [0.717, 1.165) is 32.1 Å². The summed E-state index contributed by atoms with van der Waals surface area (Å²) in [7, 11) is 3.95. The van der Waals surface area contributed by atoms with E-state index in [1.807, 2.05) is 25.9 Å². The highest BCUT2D eigenvalue weighted by molar-refractivity contribution is 5.78. The quantitative estimate of drug-likeness (QED) is 0.749. The zero-order chi connectivity index (χ0) is 15.2. The Labute approximate surface area is 121 Å². The molecule has 0 bridgehead atoms. The summed E-state index contributed by atoms with van der Waals surface area (Å²) in [6, 6.07) is 0.278. The maximum Gasteiger partial charge on any atom is 0.303 e. The monoisotopic (exact) mass is 284 g/mol. The number of hydrogen-bond acceptors (Lipinski definition) is 3. The molecular formula is C15H28N2O3. The van der Waals surface area contributed by atoms with Gasteiger partial charge in [0.25, 0.3) is 0 Å². The number of carbonyl (C=O) groups is 2. The fourth-order valence-electron chi connectivity index (χ4n) is 2.89. The molecule has 1 atom stereocenters. The molecule has 2 N–H and O–H groups in total. The minimum atomic E-state index is -0.790. The van der Waals surface area contributed by atoms with Gasteiger partial charge in [-0.3, -0.25) is 9.59 Å². The van der Waals surface area contributed by atoms with Crippen LogP contribution in [0.5, 0.6) is 0 Å². The Morgan fingerprint density at radius 1 is 1.20 bits per heavy atom. The van der Waals surface area contributed by atoms with Crippen LogP contribution in [0.3, 0.4) is 0 Å². The normalized spacial score (nSPS) is 19.6. The van der Waals surface area contributed by atoms with Crippen LogP contribution in [0.2, 0.25) is 0 Å². The van der Waals surface area contributed by atoms with Crippen molar-refractivity contribution in [1.82, 2.24) is 10.2 Å². The molecule has 5 heteroatoms. The highest BCUT2D eigenvalue weighted by atomic mass is 16.4. The van der Waals surface area contributed by atoms with E-state index in [1.165, 1.54) is 0 Å². The van der Waals surface area contributed by atoms with Gasteiger partial charge in [-0.15, -0.1) is 0 Å². The lowest BCUT2D eigenvalue weighted by Crippen LogP contribution is -2.41. The first-order valence-electron chi connectivity index (χ1n) is 7.49. The summed E-state index contributed by atoms with van der Waals surface area (Å²) >= 11 is 0. The number of likely N-dealkylation sites (N-methyl/N-ethyl adjacent to an activating group) is 1. The molecule has 1 rings (SSSR count). The van der Waals surface area contributed by atoms with E-state index in [0.29, 0.717) is 13.0 Å². The van der Waals surface area contributed by atoms with Gasteiger partial charge in [0, 0.05) is 19.0 Å². The predicted molar refractivity (Wildman–Crippen MR) is 78.5 cm³/mol. The number of amides is 1. The van der Waals surface area contributed by atoms with E-state index in [9.17, 15) is 9.59 Å². The summed E-state index contributed by atoms with van der Waals surface area (Å²) in [5.41, 5.74) is -0.324. The molecule has 20 heavy (non-hydrogen) atoms.